The van der Waals surface area contributed by atoms with Crippen molar-refractivity contribution in [2.75, 3.05) is 29.9 Å². The number of aliphatic carboxylic acids is 1. The van der Waals surface area contributed by atoms with Gasteiger partial charge in [0.15, 0.2) is 11.5 Å². The van der Waals surface area contributed by atoms with Crippen LogP contribution in [0.3, 0.4) is 0 Å². The molecule has 274 valence electrons. The van der Waals surface area contributed by atoms with Gasteiger partial charge in [0.05, 0.1) is 12.1 Å². The van der Waals surface area contributed by atoms with Gasteiger partial charge < -0.3 is 28.8 Å². The maximum atomic E-state index is 13.6. The average Bonchev–Trinajstić information content (AvgIpc) is 3.28. The summed E-state index contributed by atoms with van der Waals surface area (Å²) in [7, 11) is 1.77. The number of hydrogen-bond donors (Lipinski definition) is 1. The van der Waals surface area contributed by atoms with Crippen LogP contribution in [0.15, 0.2) is 34.9 Å². The van der Waals surface area contributed by atoms with Crippen LogP contribution in [0.25, 0.3) is 23.0 Å². The first-order chi connectivity index (χ1) is 23.6. The van der Waals surface area contributed by atoms with Crippen LogP contribution < -0.4 is 9.80 Å². The molecule has 5 rings (SSSR count). The molecule has 3 heterocycles. The van der Waals surface area contributed by atoms with Gasteiger partial charge >= 0.3 is 18.2 Å². The minimum Gasteiger partial charge on any atom is -0.481 e. The lowest BCUT2D eigenvalue weighted by Crippen LogP contribution is -2.44. The summed E-state index contributed by atoms with van der Waals surface area (Å²) in [4.78, 5) is 64.9. The summed E-state index contributed by atoms with van der Waals surface area (Å²) in [6.45, 7) is 17.4. The molecule has 0 radical (unpaired) electrons. The first-order valence-electron chi connectivity index (χ1n) is 16.9. The number of rotatable bonds is 8. The normalized spacial score (nSPS) is 18.5. The number of carboxylic acids is 1. The Morgan fingerprint density at radius 3 is 1.94 bits per heavy atom. The Balaban J connectivity index is 1.49. The predicted octanol–water partition coefficient (Wildman–Crippen LogP) is 6.03. The lowest BCUT2D eigenvalue weighted by atomic mass is 9.91. The number of imide groups is 1. The largest absolute Gasteiger partial charge is 0.481 e. The van der Waals surface area contributed by atoms with Crippen LogP contribution >= 0.6 is 0 Å². The molecule has 0 spiro atoms. The zero-order valence-electron chi connectivity index (χ0n) is 30.9. The third-order valence-electron chi connectivity index (χ3n) is 8.26. The van der Waals surface area contributed by atoms with Crippen LogP contribution in [0, 0.1) is 23.2 Å². The number of piperidine rings is 1. The highest BCUT2D eigenvalue weighted by molar-refractivity contribution is 6.10. The van der Waals surface area contributed by atoms with E-state index >= 15 is 0 Å². The third kappa shape index (κ3) is 8.99. The Kier molecular flexibility index (Phi) is 9.89. The third-order valence-corrected chi connectivity index (χ3v) is 8.26. The minimum atomic E-state index is -1.05. The zero-order chi connectivity index (χ0) is 37.6. The molecular weight excluding hydrogens is 658 g/mol. The molecule has 1 saturated carbocycles. The molecule has 2 aliphatic rings. The lowest BCUT2D eigenvalue weighted by Gasteiger charge is -2.29. The van der Waals surface area contributed by atoms with Crippen molar-refractivity contribution in [3.05, 3.63) is 36.0 Å². The topological polar surface area (TPSA) is 181 Å². The van der Waals surface area contributed by atoms with Gasteiger partial charge in [0.25, 0.3) is 5.89 Å². The van der Waals surface area contributed by atoms with E-state index < -0.39 is 35.3 Å². The Labute approximate surface area is 297 Å². The van der Waals surface area contributed by atoms with Crippen molar-refractivity contribution in [2.45, 2.75) is 86.5 Å². The first kappa shape index (κ1) is 37.2. The fraction of sp³-hybridized carbons (Fsp3) is 0.556. The van der Waals surface area contributed by atoms with Gasteiger partial charge in [0, 0.05) is 38.7 Å². The predicted molar refractivity (Wildman–Crippen MR) is 187 cm³/mol. The molecule has 1 unspecified atom stereocenters. The van der Waals surface area contributed by atoms with E-state index in [-0.39, 0.29) is 46.5 Å². The number of carboxylic acid groups (broad SMARTS) is 1. The van der Waals surface area contributed by atoms with Gasteiger partial charge in [-0.15, -0.1) is 10.2 Å². The summed E-state index contributed by atoms with van der Waals surface area (Å²) < 4.78 is 17.3. The second-order valence-electron chi connectivity index (χ2n) is 16.4. The zero-order valence-corrected chi connectivity index (χ0v) is 30.9. The molecule has 2 aromatic heterocycles. The van der Waals surface area contributed by atoms with Gasteiger partial charge in [0.2, 0.25) is 11.8 Å². The van der Waals surface area contributed by atoms with E-state index in [1.165, 1.54) is 6.20 Å². The van der Waals surface area contributed by atoms with E-state index in [1.54, 1.807) is 65.6 Å². The number of fused-ring (bicyclic) bond motifs is 1. The fourth-order valence-electron chi connectivity index (χ4n) is 5.91. The van der Waals surface area contributed by atoms with E-state index in [4.69, 9.17) is 18.9 Å². The number of anilines is 2. The second-order valence-corrected chi connectivity index (χ2v) is 16.4. The van der Waals surface area contributed by atoms with Crippen molar-refractivity contribution in [1.82, 2.24) is 25.1 Å². The van der Waals surface area contributed by atoms with Gasteiger partial charge in [-0.1, -0.05) is 32.9 Å². The number of benzene rings is 1. The van der Waals surface area contributed by atoms with Gasteiger partial charge in [-0.25, -0.2) is 19.6 Å². The Hall–Kier alpha value is -5.08. The molecule has 15 nitrogen and oxygen atoms in total. The van der Waals surface area contributed by atoms with Crippen molar-refractivity contribution >= 4 is 35.7 Å². The summed E-state index contributed by atoms with van der Waals surface area (Å²) >= 11 is 0. The Morgan fingerprint density at radius 2 is 1.43 bits per heavy atom. The highest BCUT2D eigenvalue weighted by atomic mass is 16.6. The average molecular weight is 706 g/mol. The molecular formula is C36H47N7O8. The molecule has 1 aliphatic heterocycles. The minimum absolute atomic E-state index is 0.0122. The fourth-order valence-corrected chi connectivity index (χ4v) is 5.91. The number of aromatic nitrogens is 4. The van der Waals surface area contributed by atoms with Crippen LogP contribution in [0.4, 0.5) is 21.2 Å². The van der Waals surface area contributed by atoms with E-state index in [2.05, 4.69) is 15.2 Å². The Bertz CT molecular complexity index is 1760. The van der Waals surface area contributed by atoms with Crippen molar-refractivity contribution < 1.29 is 38.2 Å². The molecule has 1 aromatic carbocycles. The molecule has 1 saturated heterocycles. The number of carbonyl (C=O) groups is 4. The van der Waals surface area contributed by atoms with Gasteiger partial charge in [-0.05, 0) is 76.5 Å². The first-order valence-corrected chi connectivity index (χ1v) is 16.9. The molecule has 3 aromatic rings. The van der Waals surface area contributed by atoms with E-state index in [1.807, 2.05) is 37.8 Å². The van der Waals surface area contributed by atoms with Gasteiger partial charge in [0.1, 0.15) is 17.0 Å². The smallest absolute Gasteiger partial charge is 0.425 e. The molecule has 15 heteroatoms. The molecule has 0 bridgehead atoms. The number of hydrogen-bond acceptors (Lipinski definition) is 12. The quantitative estimate of drug-likeness (QED) is 0.287. The van der Waals surface area contributed by atoms with Crippen LogP contribution in [0.5, 0.6) is 0 Å². The van der Waals surface area contributed by atoms with Crippen molar-refractivity contribution in [2.24, 2.45) is 23.2 Å². The van der Waals surface area contributed by atoms with Crippen LogP contribution in [0.1, 0.15) is 74.3 Å². The summed E-state index contributed by atoms with van der Waals surface area (Å²) in [5, 5.41) is 18.0. The molecule has 51 heavy (non-hydrogen) atoms. The second kappa shape index (κ2) is 13.6. The number of ether oxygens (including phenoxy) is 2. The summed E-state index contributed by atoms with van der Waals surface area (Å²) in [5.74, 6) is -1.04. The number of amides is 3. The lowest BCUT2D eigenvalue weighted by molar-refractivity contribution is -0.139. The Morgan fingerprint density at radius 1 is 0.882 bits per heavy atom. The van der Waals surface area contributed by atoms with Crippen LogP contribution in [-0.2, 0) is 25.6 Å². The van der Waals surface area contributed by atoms with E-state index in [0.29, 0.717) is 42.3 Å². The standard InChI is InChI=1S/C36H47N7O8/c1-34(2,3)15-25(44)41(10)17-20-11-13-21(14-12-20)29-39-40-30(49-29)27-28(43(32(47)50-35(4,5)6)33(48)51-36(7,8)9)37-16-24(38-27)42-18-22-23(19-42)26(22)31(45)46/h11-14,16,22-23,26H,15,17-19H2,1-10H3,(H,45,46)/t22-,23+,26?. The maximum absolute atomic E-state index is 13.6. The molecule has 3 amide bonds. The van der Waals surface area contributed by atoms with Crippen molar-refractivity contribution in [3.8, 4) is 23.0 Å². The summed E-state index contributed by atoms with van der Waals surface area (Å²) in [6.07, 6.45) is -0.263. The monoisotopic (exact) mass is 705 g/mol. The highest BCUT2D eigenvalue weighted by Gasteiger charge is 2.60. The van der Waals surface area contributed by atoms with E-state index in [0.717, 1.165) is 5.56 Å². The van der Waals surface area contributed by atoms with Crippen LogP contribution in [0.2, 0.25) is 0 Å². The molecule has 1 N–H and O–H groups in total. The molecule has 3 atom stereocenters. The van der Waals surface area contributed by atoms with Crippen molar-refractivity contribution in [3.63, 3.8) is 0 Å². The molecule has 1 aliphatic carbocycles. The SMILES string of the molecule is CN(Cc1ccc(-c2nnc(-c3nc(N4C[C@@H]5C(C(=O)O)[C@@H]5C4)cnc3N(C(=O)OC(C)(C)C)C(=O)OC(C)(C)C)o2)cc1)C(=O)CC(C)(C)C. The highest BCUT2D eigenvalue weighted by Crippen LogP contribution is 2.52. The number of carbonyl (C=O) groups excluding carboxylic acids is 3. The summed E-state index contributed by atoms with van der Waals surface area (Å²) in [6, 6.07) is 7.31. The summed E-state index contributed by atoms with van der Waals surface area (Å²) in [5.41, 5.74) is -0.648. The van der Waals surface area contributed by atoms with Gasteiger partial charge in [-0.2, -0.15) is 4.90 Å². The molecule has 2 fully saturated rings. The number of nitrogens with zero attached hydrogens (tertiary/aromatic N) is 7. The maximum Gasteiger partial charge on any atom is 0.425 e. The van der Waals surface area contributed by atoms with Crippen molar-refractivity contribution in [1.29, 1.82) is 0 Å². The van der Waals surface area contributed by atoms with Crippen LogP contribution in [-0.4, -0.2) is 85.6 Å². The van der Waals surface area contributed by atoms with Gasteiger partial charge in [-0.3, -0.25) is 9.59 Å². The van der Waals surface area contributed by atoms with E-state index in [9.17, 15) is 24.3 Å².